The highest BCUT2D eigenvalue weighted by Gasteiger charge is 2.17. The number of rotatable bonds is 7. The van der Waals surface area contributed by atoms with Gasteiger partial charge in [0.2, 0.25) is 0 Å². The fourth-order valence-electron chi connectivity index (χ4n) is 2.37. The number of ether oxygens (including phenoxy) is 1. The Morgan fingerprint density at radius 3 is 2.86 bits per heavy atom. The van der Waals surface area contributed by atoms with E-state index < -0.39 is 6.10 Å². The van der Waals surface area contributed by atoms with Crippen molar-refractivity contribution in [3.05, 3.63) is 29.8 Å². The highest BCUT2D eigenvalue weighted by atomic mass is 16.5. The lowest BCUT2D eigenvalue weighted by Gasteiger charge is -2.33. The van der Waals surface area contributed by atoms with Gasteiger partial charge in [0.05, 0.1) is 11.7 Å². The van der Waals surface area contributed by atoms with Crippen molar-refractivity contribution in [1.29, 1.82) is 5.26 Å². The van der Waals surface area contributed by atoms with E-state index in [0.29, 0.717) is 17.9 Å². The first-order valence-electron chi connectivity index (χ1n) is 7.61. The molecule has 2 rings (SSSR count). The van der Waals surface area contributed by atoms with Crippen LogP contribution < -0.4 is 15.4 Å². The topological polar surface area (TPSA) is 82.6 Å². The molecule has 119 valence electrons. The summed E-state index contributed by atoms with van der Waals surface area (Å²) in [7, 11) is 0. The van der Waals surface area contributed by atoms with Crippen LogP contribution in [-0.2, 0) is 0 Å². The Bertz CT molecular complexity index is 497. The number of aliphatic hydroxyl groups excluding tert-OH is 1. The molecule has 1 fully saturated rings. The average molecular weight is 303 g/mol. The van der Waals surface area contributed by atoms with Gasteiger partial charge in [0, 0.05) is 32.7 Å². The molecule has 0 spiro atoms. The van der Waals surface area contributed by atoms with E-state index in [1.165, 1.54) is 0 Å². The Balaban J connectivity index is 1.71. The third kappa shape index (κ3) is 4.97. The smallest absolute Gasteiger partial charge is 0.137 e. The van der Waals surface area contributed by atoms with Crippen molar-refractivity contribution in [2.75, 3.05) is 39.3 Å². The van der Waals surface area contributed by atoms with Gasteiger partial charge in [-0.1, -0.05) is 12.1 Å². The molecule has 1 saturated heterocycles. The maximum absolute atomic E-state index is 10.0. The summed E-state index contributed by atoms with van der Waals surface area (Å²) in [6.45, 7) is 6.36. The molecular formula is C16H23N4O2. The zero-order valence-electron chi connectivity index (χ0n) is 12.9. The lowest BCUT2D eigenvalue weighted by molar-refractivity contribution is 0.0862. The molecule has 2 N–H and O–H groups in total. The summed E-state index contributed by atoms with van der Waals surface area (Å²) in [6.07, 6.45) is -0.416. The van der Waals surface area contributed by atoms with E-state index in [9.17, 15) is 5.11 Å². The van der Waals surface area contributed by atoms with Gasteiger partial charge in [-0.2, -0.15) is 5.26 Å². The van der Waals surface area contributed by atoms with Gasteiger partial charge in [0.15, 0.2) is 0 Å². The van der Waals surface area contributed by atoms with E-state index in [1.807, 2.05) is 6.07 Å². The van der Waals surface area contributed by atoms with Crippen molar-refractivity contribution in [3.8, 4) is 11.8 Å². The summed E-state index contributed by atoms with van der Waals surface area (Å²) in [5, 5.41) is 26.6. The molecule has 1 aromatic rings. The van der Waals surface area contributed by atoms with E-state index in [2.05, 4.69) is 28.5 Å². The minimum absolute atomic E-state index is 0.160. The number of nitrogens with zero attached hydrogens (tertiary/aromatic N) is 3. The molecule has 0 amide bonds. The van der Waals surface area contributed by atoms with Crippen molar-refractivity contribution in [1.82, 2.24) is 15.5 Å². The summed E-state index contributed by atoms with van der Waals surface area (Å²) in [5.41, 5.74) is 0.480. The van der Waals surface area contributed by atoms with Crippen molar-refractivity contribution in [3.63, 3.8) is 0 Å². The van der Waals surface area contributed by atoms with Crippen LogP contribution in [0.25, 0.3) is 0 Å². The first kappa shape index (κ1) is 16.7. The van der Waals surface area contributed by atoms with Gasteiger partial charge in [-0.15, -0.1) is 0 Å². The summed E-state index contributed by atoms with van der Waals surface area (Å²) in [6, 6.07) is 9.10. The fourth-order valence-corrected chi connectivity index (χ4v) is 2.37. The van der Waals surface area contributed by atoms with Crippen LogP contribution in [-0.4, -0.2) is 61.6 Å². The molecule has 1 aliphatic rings. The van der Waals surface area contributed by atoms with E-state index in [4.69, 9.17) is 10.00 Å². The number of hydrogen-bond acceptors (Lipinski definition) is 5. The normalized spacial score (nSPS) is 18.4. The highest BCUT2D eigenvalue weighted by molar-refractivity contribution is 5.42. The quantitative estimate of drug-likeness (QED) is 0.749. The van der Waals surface area contributed by atoms with Crippen LogP contribution in [0.1, 0.15) is 12.5 Å². The molecule has 1 aliphatic heterocycles. The van der Waals surface area contributed by atoms with Gasteiger partial charge in [0.25, 0.3) is 0 Å². The Morgan fingerprint density at radius 1 is 1.41 bits per heavy atom. The third-order valence-corrected chi connectivity index (χ3v) is 3.73. The predicted octanol–water partition coefficient (Wildman–Crippen LogP) is 0.154. The SMILES string of the molecule is CC(NCC(O)COc1ccccc1C#N)N1CC[N]CC1. The number of nitrogens with one attached hydrogen (secondary N) is 1. The van der Waals surface area contributed by atoms with Gasteiger partial charge >= 0.3 is 0 Å². The Hall–Kier alpha value is -1.65. The van der Waals surface area contributed by atoms with Crippen LogP contribution in [0, 0.1) is 11.3 Å². The number of aliphatic hydroxyl groups is 1. The second-order valence-electron chi connectivity index (χ2n) is 5.36. The van der Waals surface area contributed by atoms with E-state index in [0.717, 1.165) is 26.2 Å². The van der Waals surface area contributed by atoms with Crippen LogP contribution in [0.2, 0.25) is 0 Å². The molecule has 2 atom stereocenters. The molecule has 22 heavy (non-hydrogen) atoms. The molecule has 0 bridgehead atoms. The molecule has 0 saturated carbocycles. The van der Waals surface area contributed by atoms with Gasteiger partial charge in [0.1, 0.15) is 24.5 Å². The highest BCUT2D eigenvalue weighted by Crippen LogP contribution is 2.16. The van der Waals surface area contributed by atoms with Crippen LogP contribution in [0.3, 0.4) is 0 Å². The van der Waals surface area contributed by atoms with E-state index in [-0.39, 0.29) is 12.8 Å². The summed E-state index contributed by atoms with van der Waals surface area (Å²) in [5.74, 6) is 0.509. The number of benzene rings is 1. The Labute approximate surface area is 131 Å². The van der Waals surface area contributed by atoms with Crippen molar-refractivity contribution in [2.45, 2.75) is 19.2 Å². The Morgan fingerprint density at radius 2 is 2.14 bits per heavy atom. The summed E-state index contributed by atoms with van der Waals surface area (Å²) >= 11 is 0. The number of nitriles is 1. The molecule has 1 radical (unpaired) electrons. The predicted molar refractivity (Wildman–Crippen MR) is 83.6 cm³/mol. The monoisotopic (exact) mass is 303 g/mol. The summed E-state index contributed by atoms with van der Waals surface area (Å²) in [4.78, 5) is 2.31. The van der Waals surface area contributed by atoms with E-state index >= 15 is 0 Å². The third-order valence-electron chi connectivity index (χ3n) is 3.73. The summed E-state index contributed by atoms with van der Waals surface area (Å²) < 4.78 is 5.53. The maximum Gasteiger partial charge on any atom is 0.137 e. The lowest BCUT2D eigenvalue weighted by atomic mass is 10.2. The first-order valence-corrected chi connectivity index (χ1v) is 7.61. The molecule has 2 unspecified atom stereocenters. The van der Waals surface area contributed by atoms with E-state index in [1.54, 1.807) is 18.2 Å². The maximum atomic E-state index is 10.0. The van der Waals surface area contributed by atoms with Gasteiger partial charge in [-0.3, -0.25) is 10.2 Å². The largest absolute Gasteiger partial charge is 0.489 e. The standard InChI is InChI=1S/C16H23N4O2/c1-13(20-8-6-18-7-9-20)19-11-15(21)12-22-16-5-3-2-4-14(16)10-17/h2-5,13,15,19,21H,6-9,11-12H2,1H3. The number of para-hydroxylation sites is 1. The van der Waals surface area contributed by atoms with Crippen molar-refractivity contribution < 1.29 is 9.84 Å². The van der Waals surface area contributed by atoms with Crippen LogP contribution in [0.5, 0.6) is 5.75 Å². The van der Waals surface area contributed by atoms with Crippen molar-refractivity contribution >= 4 is 0 Å². The molecule has 1 aromatic carbocycles. The number of hydrogen-bond donors (Lipinski definition) is 2. The molecule has 6 nitrogen and oxygen atoms in total. The van der Waals surface area contributed by atoms with Crippen molar-refractivity contribution in [2.24, 2.45) is 0 Å². The first-order chi connectivity index (χ1) is 10.7. The van der Waals surface area contributed by atoms with Crippen LogP contribution >= 0.6 is 0 Å². The minimum Gasteiger partial charge on any atom is -0.489 e. The molecule has 0 aliphatic carbocycles. The second-order valence-corrected chi connectivity index (χ2v) is 5.36. The number of piperazine rings is 1. The fraction of sp³-hybridized carbons (Fsp3) is 0.562. The molecule has 0 aromatic heterocycles. The van der Waals surface area contributed by atoms with Gasteiger partial charge in [-0.25, -0.2) is 5.32 Å². The molecule has 1 heterocycles. The average Bonchev–Trinajstić information content (AvgIpc) is 2.58. The van der Waals surface area contributed by atoms with Crippen LogP contribution in [0.15, 0.2) is 24.3 Å². The Kier molecular flexibility index (Phi) is 6.62. The zero-order chi connectivity index (χ0) is 15.8. The lowest BCUT2D eigenvalue weighted by Crippen LogP contribution is -2.52. The van der Waals surface area contributed by atoms with Gasteiger partial charge < -0.3 is 9.84 Å². The zero-order valence-corrected chi connectivity index (χ0v) is 12.9. The molecular weight excluding hydrogens is 280 g/mol. The minimum atomic E-state index is -0.622. The van der Waals surface area contributed by atoms with Gasteiger partial charge in [-0.05, 0) is 19.1 Å². The van der Waals surface area contributed by atoms with Crippen LogP contribution in [0.4, 0.5) is 0 Å². The second kappa shape index (κ2) is 8.71. The molecule has 6 heteroatoms.